The fraction of sp³-hybridized carbons (Fsp3) is 0.400. The van der Waals surface area contributed by atoms with Crippen LogP contribution in [0.4, 0.5) is 0 Å². The summed E-state index contributed by atoms with van der Waals surface area (Å²) in [6.45, 7) is 5.91. The molecule has 0 fully saturated rings. The van der Waals surface area contributed by atoms with Crippen molar-refractivity contribution >= 4 is 27.9 Å². The minimum absolute atomic E-state index is 0.315. The first-order chi connectivity index (χ1) is 3.72. The Morgan fingerprint density at radius 1 is 2.00 bits per heavy atom. The summed E-state index contributed by atoms with van der Waals surface area (Å²) in [5, 5.41) is 2.40. The van der Waals surface area contributed by atoms with Crippen LogP contribution in [0.1, 0.15) is 6.92 Å². The highest BCUT2D eigenvalue weighted by Crippen LogP contribution is 2.32. The molecule has 1 aliphatic rings. The molecule has 1 heterocycles. The molecular formula is C5H7BrNS. The number of nitrogens with zero attached hydrogens (tertiary/aromatic N) is 1. The Hall–Kier alpha value is 0.370. The van der Waals surface area contributed by atoms with Crippen molar-refractivity contribution in [2.75, 3.05) is 0 Å². The van der Waals surface area contributed by atoms with Gasteiger partial charge in [0.2, 0.25) is 0 Å². The minimum Gasteiger partial charge on any atom is -0.299 e. The third-order valence-electron chi connectivity index (χ3n) is 0.985. The number of rotatable bonds is 0. The predicted molar refractivity (Wildman–Crippen MR) is 41.3 cm³/mol. The molecule has 0 N–H and O–H groups in total. The smallest absolute Gasteiger partial charge is 0.0897 e. The molecule has 0 saturated heterocycles. The molecule has 1 radical (unpaired) electrons. The topological polar surface area (TPSA) is 3.24 Å². The van der Waals surface area contributed by atoms with Crippen molar-refractivity contribution in [1.82, 2.24) is 3.93 Å². The standard InChI is InChI=1S/C5H7BrNS/c1-4-3-8-5(2)7(4)6/h3,5H,2H2,1H3. The van der Waals surface area contributed by atoms with Crippen molar-refractivity contribution < 1.29 is 0 Å². The van der Waals surface area contributed by atoms with Crippen molar-refractivity contribution in [1.29, 1.82) is 0 Å². The highest BCUT2D eigenvalue weighted by Gasteiger charge is 2.16. The molecule has 0 saturated carbocycles. The second-order valence-electron chi connectivity index (χ2n) is 1.66. The van der Waals surface area contributed by atoms with E-state index in [2.05, 4.69) is 28.5 Å². The third kappa shape index (κ3) is 1.03. The minimum atomic E-state index is 0.315. The second kappa shape index (κ2) is 2.31. The SMILES string of the molecule is [CH2]C1SC=C(C)N1Br. The van der Waals surface area contributed by atoms with E-state index in [0.717, 1.165) is 0 Å². The van der Waals surface area contributed by atoms with Crippen LogP contribution in [0.25, 0.3) is 0 Å². The van der Waals surface area contributed by atoms with Crippen LogP contribution in [0.5, 0.6) is 0 Å². The van der Waals surface area contributed by atoms with Gasteiger partial charge in [0.15, 0.2) is 0 Å². The first-order valence-electron chi connectivity index (χ1n) is 2.32. The lowest BCUT2D eigenvalue weighted by Crippen LogP contribution is -2.12. The molecule has 8 heavy (non-hydrogen) atoms. The van der Waals surface area contributed by atoms with E-state index in [1.54, 1.807) is 11.8 Å². The van der Waals surface area contributed by atoms with E-state index in [1.807, 2.05) is 10.8 Å². The average molecular weight is 193 g/mol. The van der Waals surface area contributed by atoms with Crippen LogP contribution in [-0.2, 0) is 0 Å². The first-order valence-corrected chi connectivity index (χ1v) is 3.97. The lowest BCUT2D eigenvalue weighted by Gasteiger charge is -2.14. The average Bonchev–Trinajstić information content (AvgIpc) is 1.98. The molecule has 0 spiro atoms. The van der Waals surface area contributed by atoms with Gasteiger partial charge in [0, 0.05) is 5.70 Å². The molecular weight excluding hydrogens is 186 g/mol. The number of hydrogen-bond donors (Lipinski definition) is 0. The zero-order valence-electron chi connectivity index (χ0n) is 4.60. The molecule has 1 rings (SSSR count). The Bertz CT molecular complexity index is 124. The molecule has 0 aromatic rings. The summed E-state index contributed by atoms with van der Waals surface area (Å²) < 4.78 is 1.97. The molecule has 0 aromatic carbocycles. The van der Waals surface area contributed by atoms with E-state index in [-0.39, 0.29) is 0 Å². The van der Waals surface area contributed by atoms with Crippen molar-refractivity contribution in [3.63, 3.8) is 0 Å². The normalized spacial score (nSPS) is 28.6. The quantitative estimate of drug-likeness (QED) is 0.543. The van der Waals surface area contributed by atoms with Crippen molar-refractivity contribution in [2.24, 2.45) is 0 Å². The van der Waals surface area contributed by atoms with Crippen LogP contribution in [0.3, 0.4) is 0 Å². The molecule has 45 valence electrons. The van der Waals surface area contributed by atoms with Gasteiger partial charge in [0.05, 0.1) is 21.5 Å². The molecule has 1 nitrogen and oxygen atoms in total. The van der Waals surface area contributed by atoms with E-state index in [4.69, 9.17) is 0 Å². The third-order valence-corrected chi connectivity index (χ3v) is 3.31. The van der Waals surface area contributed by atoms with Crippen molar-refractivity contribution in [3.05, 3.63) is 18.0 Å². The van der Waals surface area contributed by atoms with Crippen LogP contribution in [-0.4, -0.2) is 9.30 Å². The number of halogens is 1. The Morgan fingerprint density at radius 3 is 2.75 bits per heavy atom. The zero-order valence-corrected chi connectivity index (χ0v) is 7.00. The van der Waals surface area contributed by atoms with Gasteiger partial charge in [-0.1, -0.05) is 0 Å². The summed E-state index contributed by atoms with van der Waals surface area (Å²) in [5.41, 5.74) is 1.23. The molecule has 1 atom stereocenters. The molecule has 0 aromatic heterocycles. The summed E-state index contributed by atoms with van der Waals surface area (Å²) in [7, 11) is 0. The lowest BCUT2D eigenvalue weighted by molar-refractivity contribution is 0.637. The van der Waals surface area contributed by atoms with Gasteiger partial charge < -0.3 is 0 Å². The predicted octanol–water partition coefficient (Wildman–Crippen LogP) is 2.37. The molecule has 1 aliphatic heterocycles. The van der Waals surface area contributed by atoms with E-state index < -0.39 is 0 Å². The highest BCUT2D eigenvalue weighted by molar-refractivity contribution is 9.07. The van der Waals surface area contributed by atoms with Gasteiger partial charge in [0.1, 0.15) is 0 Å². The van der Waals surface area contributed by atoms with Gasteiger partial charge in [-0.3, -0.25) is 3.93 Å². The second-order valence-corrected chi connectivity index (χ2v) is 3.48. The van der Waals surface area contributed by atoms with E-state index in [1.165, 1.54) is 5.70 Å². The fourth-order valence-corrected chi connectivity index (χ4v) is 1.78. The summed E-state index contributed by atoms with van der Waals surface area (Å²) in [6, 6.07) is 0. The van der Waals surface area contributed by atoms with Gasteiger partial charge in [0.25, 0.3) is 0 Å². The van der Waals surface area contributed by atoms with Gasteiger partial charge >= 0.3 is 0 Å². The van der Waals surface area contributed by atoms with Crippen LogP contribution in [0, 0.1) is 6.92 Å². The Balaban J connectivity index is 2.59. The monoisotopic (exact) mass is 192 g/mol. The van der Waals surface area contributed by atoms with Crippen LogP contribution in [0.2, 0.25) is 0 Å². The summed E-state index contributed by atoms with van der Waals surface area (Å²) in [4.78, 5) is 0. The number of allylic oxidation sites excluding steroid dienone is 1. The number of thioether (sulfide) groups is 1. The Labute approximate surface area is 62.5 Å². The summed E-state index contributed by atoms with van der Waals surface area (Å²) in [6.07, 6.45) is 0. The maximum atomic E-state index is 3.86. The molecule has 0 aliphatic carbocycles. The highest BCUT2D eigenvalue weighted by atomic mass is 79.9. The van der Waals surface area contributed by atoms with Crippen LogP contribution >= 0.6 is 27.9 Å². The molecule has 0 bridgehead atoms. The van der Waals surface area contributed by atoms with Gasteiger partial charge in [-0.05, 0) is 19.3 Å². The molecule has 0 amide bonds. The summed E-state index contributed by atoms with van der Waals surface area (Å²) >= 11 is 5.07. The zero-order chi connectivity index (χ0) is 6.15. The van der Waals surface area contributed by atoms with Gasteiger partial charge in [-0.2, -0.15) is 0 Å². The largest absolute Gasteiger partial charge is 0.299 e. The maximum absolute atomic E-state index is 3.86. The van der Waals surface area contributed by atoms with Crippen molar-refractivity contribution in [2.45, 2.75) is 12.3 Å². The summed E-state index contributed by atoms with van der Waals surface area (Å²) in [5.74, 6) is 0. The first kappa shape index (κ1) is 6.49. The molecule has 1 unspecified atom stereocenters. The maximum Gasteiger partial charge on any atom is 0.0897 e. The Kier molecular flexibility index (Phi) is 1.88. The van der Waals surface area contributed by atoms with Crippen LogP contribution < -0.4 is 0 Å². The van der Waals surface area contributed by atoms with Crippen molar-refractivity contribution in [3.8, 4) is 0 Å². The van der Waals surface area contributed by atoms with Crippen LogP contribution in [0.15, 0.2) is 11.1 Å². The number of hydrogen-bond acceptors (Lipinski definition) is 2. The fourth-order valence-electron chi connectivity index (χ4n) is 0.508. The van der Waals surface area contributed by atoms with E-state index >= 15 is 0 Å². The lowest BCUT2D eigenvalue weighted by atomic mass is 10.5. The molecule has 3 heteroatoms. The van der Waals surface area contributed by atoms with Gasteiger partial charge in [-0.15, -0.1) is 11.8 Å². The Morgan fingerprint density at radius 2 is 2.62 bits per heavy atom. The van der Waals surface area contributed by atoms with E-state index in [0.29, 0.717) is 5.37 Å². The van der Waals surface area contributed by atoms with E-state index in [9.17, 15) is 0 Å². The van der Waals surface area contributed by atoms with Gasteiger partial charge in [-0.25, -0.2) is 0 Å².